The molecule has 178 valence electrons. The summed E-state index contributed by atoms with van der Waals surface area (Å²) in [5, 5.41) is 10.1. The van der Waals surface area contributed by atoms with E-state index in [4.69, 9.17) is 5.11 Å². The molecule has 0 fully saturated rings. The summed E-state index contributed by atoms with van der Waals surface area (Å²) in [7, 11) is 0. The van der Waals surface area contributed by atoms with E-state index in [2.05, 4.69) is 24.3 Å². The Bertz CT molecular complexity index is 1540. The molecule has 5 aromatic rings. The molecule has 5 nitrogen and oxygen atoms in total. The standard InChI is InChI=1S/C31H26N2O3/c34-29-17-16-26(31(24-9-3-1-4-10-24)25-11-5-2-6-12-25)21-33(29)19-8-14-23-13-7-15-28-27(23)18-20-32(28)22-30(35)36/h1-18,20-21,31H,19,22H2,(H,35,36)/b14-8+. The third-order valence-corrected chi connectivity index (χ3v) is 6.36. The predicted octanol–water partition coefficient (Wildman–Crippen LogP) is 5.78. The lowest BCUT2D eigenvalue weighted by atomic mass is 9.86. The minimum atomic E-state index is -0.878. The summed E-state index contributed by atoms with van der Waals surface area (Å²) in [6, 6.07) is 31.9. The quantitative estimate of drug-likeness (QED) is 0.310. The number of carboxylic acids is 1. The van der Waals surface area contributed by atoms with Gasteiger partial charge in [0.15, 0.2) is 0 Å². The molecule has 0 aliphatic heterocycles. The number of benzene rings is 3. The number of pyridine rings is 1. The van der Waals surface area contributed by atoms with Gasteiger partial charge in [-0.2, -0.15) is 0 Å². The first-order valence-electron chi connectivity index (χ1n) is 11.9. The van der Waals surface area contributed by atoms with Crippen LogP contribution in [-0.2, 0) is 17.9 Å². The molecule has 2 heterocycles. The van der Waals surface area contributed by atoms with Gasteiger partial charge in [0, 0.05) is 41.8 Å². The molecule has 0 unspecified atom stereocenters. The molecular formula is C31H26N2O3. The first-order chi connectivity index (χ1) is 17.6. The van der Waals surface area contributed by atoms with Crippen LogP contribution in [0.5, 0.6) is 0 Å². The van der Waals surface area contributed by atoms with E-state index in [9.17, 15) is 9.59 Å². The number of hydrogen-bond acceptors (Lipinski definition) is 2. The van der Waals surface area contributed by atoms with Gasteiger partial charge in [-0.25, -0.2) is 0 Å². The van der Waals surface area contributed by atoms with Crippen molar-refractivity contribution in [3.8, 4) is 0 Å². The third-order valence-electron chi connectivity index (χ3n) is 6.36. The average molecular weight is 475 g/mol. The van der Waals surface area contributed by atoms with Gasteiger partial charge in [-0.15, -0.1) is 0 Å². The lowest BCUT2D eigenvalue weighted by molar-refractivity contribution is -0.137. The van der Waals surface area contributed by atoms with Crippen molar-refractivity contribution < 1.29 is 9.90 Å². The van der Waals surface area contributed by atoms with Gasteiger partial charge in [-0.3, -0.25) is 9.59 Å². The van der Waals surface area contributed by atoms with Crippen LogP contribution in [0.3, 0.4) is 0 Å². The van der Waals surface area contributed by atoms with Crippen molar-refractivity contribution in [3.63, 3.8) is 0 Å². The minimum Gasteiger partial charge on any atom is -0.480 e. The van der Waals surface area contributed by atoms with Gasteiger partial charge in [0.25, 0.3) is 5.56 Å². The van der Waals surface area contributed by atoms with Gasteiger partial charge in [-0.1, -0.05) is 91.0 Å². The molecule has 3 aromatic carbocycles. The van der Waals surface area contributed by atoms with E-state index < -0.39 is 5.97 Å². The van der Waals surface area contributed by atoms with Crippen LogP contribution in [0.1, 0.15) is 28.2 Å². The maximum absolute atomic E-state index is 12.7. The normalized spacial score (nSPS) is 11.5. The highest BCUT2D eigenvalue weighted by Gasteiger charge is 2.17. The van der Waals surface area contributed by atoms with Crippen molar-refractivity contribution in [2.45, 2.75) is 19.0 Å². The van der Waals surface area contributed by atoms with Crippen LogP contribution in [0.2, 0.25) is 0 Å². The SMILES string of the molecule is O=C(O)Cn1ccc2c(/C=C/Cn3cc(C(c4ccccc4)c4ccccc4)ccc3=O)cccc21. The number of carbonyl (C=O) groups is 1. The number of carboxylic acid groups (broad SMARTS) is 1. The number of nitrogens with zero attached hydrogens (tertiary/aromatic N) is 2. The lowest BCUT2D eigenvalue weighted by Crippen LogP contribution is -2.19. The van der Waals surface area contributed by atoms with E-state index in [1.165, 1.54) is 11.1 Å². The molecule has 0 aliphatic carbocycles. The molecule has 2 aromatic heterocycles. The first-order valence-corrected chi connectivity index (χ1v) is 11.9. The number of allylic oxidation sites excluding steroid dienone is 1. The smallest absolute Gasteiger partial charge is 0.323 e. The molecule has 0 aliphatic rings. The van der Waals surface area contributed by atoms with Crippen LogP contribution < -0.4 is 5.56 Å². The zero-order chi connectivity index (χ0) is 24.9. The Kier molecular flexibility index (Phi) is 6.63. The summed E-state index contributed by atoms with van der Waals surface area (Å²) in [5.74, 6) is -0.858. The van der Waals surface area contributed by atoms with Crippen molar-refractivity contribution in [1.82, 2.24) is 9.13 Å². The van der Waals surface area contributed by atoms with Crippen molar-refractivity contribution in [2.75, 3.05) is 0 Å². The van der Waals surface area contributed by atoms with Crippen LogP contribution in [0.4, 0.5) is 0 Å². The fraction of sp³-hybridized carbons (Fsp3) is 0.0968. The fourth-order valence-corrected chi connectivity index (χ4v) is 4.70. The van der Waals surface area contributed by atoms with E-state index >= 15 is 0 Å². The molecule has 0 saturated heterocycles. The van der Waals surface area contributed by atoms with Gasteiger partial charge in [0.1, 0.15) is 6.54 Å². The molecule has 1 N–H and O–H groups in total. The highest BCUT2D eigenvalue weighted by atomic mass is 16.4. The molecule has 0 saturated carbocycles. The maximum Gasteiger partial charge on any atom is 0.323 e. The Labute approximate surface area is 209 Å². The van der Waals surface area contributed by atoms with Gasteiger partial charge in [-0.05, 0) is 34.4 Å². The molecule has 5 heteroatoms. The number of hydrogen-bond donors (Lipinski definition) is 1. The van der Waals surface area contributed by atoms with Gasteiger partial charge in [0.05, 0.1) is 0 Å². The van der Waals surface area contributed by atoms with E-state index in [0.717, 1.165) is 22.0 Å². The van der Waals surface area contributed by atoms with Crippen molar-refractivity contribution in [1.29, 1.82) is 0 Å². The van der Waals surface area contributed by atoms with E-state index in [-0.39, 0.29) is 18.0 Å². The molecule has 5 rings (SSSR count). The first kappa shape index (κ1) is 23.1. The summed E-state index contributed by atoms with van der Waals surface area (Å²) in [6.45, 7) is 0.345. The zero-order valence-electron chi connectivity index (χ0n) is 19.7. The van der Waals surface area contributed by atoms with Crippen LogP contribution >= 0.6 is 0 Å². The minimum absolute atomic E-state index is 0.0194. The highest BCUT2D eigenvalue weighted by molar-refractivity contribution is 5.89. The lowest BCUT2D eigenvalue weighted by Gasteiger charge is -2.19. The molecule has 0 atom stereocenters. The van der Waals surface area contributed by atoms with Crippen molar-refractivity contribution in [3.05, 3.63) is 148 Å². The summed E-state index contributed by atoms with van der Waals surface area (Å²) in [5.41, 5.74) is 5.17. The monoisotopic (exact) mass is 474 g/mol. The van der Waals surface area contributed by atoms with E-state index in [1.807, 2.05) is 85.1 Å². The van der Waals surface area contributed by atoms with Gasteiger partial charge < -0.3 is 14.2 Å². The average Bonchev–Trinajstić information content (AvgIpc) is 3.30. The molecule has 36 heavy (non-hydrogen) atoms. The van der Waals surface area contributed by atoms with E-state index in [0.29, 0.717) is 6.54 Å². The summed E-state index contributed by atoms with van der Waals surface area (Å²) in [6.07, 6.45) is 7.69. The Morgan fingerprint density at radius 2 is 1.47 bits per heavy atom. The molecule has 0 spiro atoms. The second kappa shape index (κ2) is 10.3. The van der Waals surface area contributed by atoms with Crippen molar-refractivity contribution >= 4 is 22.9 Å². The predicted molar refractivity (Wildman–Crippen MR) is 143 cm³/mol. The Morgan fingerprint density at radius 3 is 2.14 bits per heavy atom. The molecule has 0 amide bonds. The van der Waals surface area contributed by atoms with Crippen LogP contribution in [0.15, 0.2) is 120 Å². The Morgan fingerprint density at radius 1 is 0.778 bits per heavy atom. The van der Waals surface area contributed by atoms with Crippen molar-refractivity contribution in [2.24, 2.45) is 0 Å². The third kappa shape index (κ3) is 4.91. The Balaban J connectivity index is 1.45. The highest BCUT2D eigenvalue weighted by Crippen LogP contribution is 2.31. The Hall–Kier alpha value is -4.64. The molecule has 0 bridgehead atoms. The van der Waals surface area contributed by atoms with Crippen LogP contribution in [-0.4, -0.2) is 20.2 Å². The largest absolute Gasteiger partial charge is 0.480 e. The fourth-order valence-electron chi connectivity index (χ4n) is 4.70. The number of rotatable bonds is 8. The van der Waals surface area contributed by atoms with E-state index in [1.54, 1.807) is 21.4 Å². The molecular weight excluding hydrogens is 448 g/mol. The van der Waals surface area contributed by atoms with Gasteiger partial charge >= 0.3 is 5.97 Å². The number of aliphatic carboxylic acids is 1. The number of aromatic nitrogens is 2. The maximum atomic E-state index is 12.7. The van der Waals surface area contributed by atoms with Crippen LogP contribution in [0.25, 0.3) is 17.0 Å². The number of fused-ring (bicyclic) bond motifs is 1. The van der Waals surface area contributed by atoms with Crippen LogP contribution in [0, 0.1) is 0 Å². The summed E-state index contributed by atoms with van der Waals surface area (Å²) in [4.78, 5) is 23.8. The topological polar surface area (TPSA) is 64.2 Å². The summed E-state index contributed by atoms with van der Waals surface area (Å²) >= 11 is 0. The second-order valence-corrected chi connectivity index (χ2v) is 8.73. The summed E-state index contributed by atoms with van der Waals surface area (Å²) < 4.78 is 3.44. The second-order valence-electron chi connectivity index (χ2n) is 8.73. The van der Waals surface area contributed by atoms with Gasteiger partial charge in [0.2, 0.25) is 0 Å². The zero-order valence-corrected chi connectivity index (χ0v) is 19.7. The molecule has 0 radical (unpaired) electrons.